The number of amides is 8. The molecule has 8 aliphatic rings. The summed E-state index contributed by atoms with van der Waals surface area (Å²) in [5.74, 6) is -6.89. The number of aliphatic hydroxyl groups excluding tert-OH is 20. The molecule has 56 heteroatoms. The molecule has 0 bridgehead atoms. The maximum absolute atomic E-state index is 13.7. The van der Waals surface area contributed by atoms with Crippen LogP contribution in [0.5, 0.6) is 0 Å². The van der Waals surface area contributed by atoms with E-state index in [9.17, 15) is 140 Å². The van der Waals surface area contributed by atoms with Crippen molar-refractivity contribution in [2.45, 2.75) is 313 Å². The number of thiocarbonyl (C=S) groups is 2. The average molecular weight is 1860 g/mol. The topological polar surface area (TPSA) is 815 Å². The number of carbonyl (C=O) groups excluding carboxylic acids is 8. The number of aliphatic hydroxyl groups is 20. The lowest BCUT2D eigenvalue weighted by Gasteiger charge is -2.52. The van der Waals surface area contributed by atoms with Gasteiger partial charge in [0.05, 0.1) is 65.1 Å². The van der Waals surface area contributed by atoms with E-state index < -0.39 is 381 Å². The van der Waals surface area contributed by atoms with Crippen molar-refractivity contribution in [3.8, 4) is 0 Å². The predicted molar refractivity (Wildman–Crippen MR) is 416 cm³/mol. The monoisotopic (exact) mass is 1860 g/mol. The third-order valence-electron chi connectivity index (χ3n) is 21.6. The van der Waals surface area contributed by atoms with Crippen LogP contribution in [0.1, 0.15) is 55.4 Å². The van der Waals surface area contributed by atoms with E-state index in [0.717, 1.165) is 55.4 Å². The Morgan fingerprint density at radius 2 is 0.460 bits per heavy atom. The molecule has 2 unspecified atom stereocenters. The van der Waals surface area contributed by atoms with Crippen LogP contribution in [0.2, 0.25) is 0 Å². The smallest absolute Gasteiger partial charge is 0.217 e. The van der Waals surface area contributed by atoms with Crippen LogP contribution < -0.4 is 63.8 Å². The molecule has 0 spiro atoms. The molecular weight excluding hydrogens is 1740 g/mol. The lowest BCUT2D eigenvalue weighted by atomic mass is 9.92. The van der Waals surface area contributed by atoms with Crippen LogP contribution in [0.15, 0.2) is 0 Å². The molecule has 722 valence electrons. The van der Waals surface area contributed by atoms with Gasteiger partial charge in [-0.05, 0) is 24.4 Å². The Hall–Kier alpha value is -6.22. The van der Waals surface area contributed by atoms with Crippen molar-refractivity contribution < 1.29 is 207 Å². The van der Waals surface area contributed by atoms with Gasteiger partial charge in [-0.25, -0.2) is 0 Å². The standard InChI is InChI=1S/C70H118N12O42S2/c1-19(89)73-37-51(105)45(99)29(11-83)115-63(37)111-17-35-57(121-65-39(75-21(3)91)53(107)47(101)31(13-85)117-65)59(123-67-41(77-23(5)93)55(109)49(103)33(15-87)119-67)43(79-25(7)95)61(113-35)81-69(125)71-9-27(97)28(98)10-72-70(126)82-62-44(80-26(8)96)60(124-68-42(78-24(6)94)56(110)50(104)34(16-88)120-68)58(122-66-40(76-22(4)92)54(108)48(102)32(14-86)118-66)36(114-62)18-112-64-38(74-20(2)90)52(106)46(100)30(12-84)116-64/h27-68,83-88,97-110H,9-18H2,1-8H3,(H,73,89)(H,74,90)(H,75,91)(H,76,92)(H,77,93)(H,78,94)(H,79,95)(H,80,96)(H2,71,81,125)(H2,72,82,126)/t27?,28?,29-,30-,31-,32-,33-,34-,35-,36-,37-,38-,39-,40-,41-,42-,43-,44-,45-,46-,47-,48-,49-,50-,51-,52-,53-,54-,55-,56-,57-,58-,59-,60-,61+,62+,63+,64+,65-,66-,67-,68-/m1/s1. The van der Waals surface area contributed by atoms with Gasteiger partial charge in [-0.3, -0.25) is 38.4 Å². The summed E-state index contributed by atoms with van der Waals surface area (Å²) in [6.07, 6.45) is -64.9. The van der Waals surface area contributed by atoms with Gasteiger partial charge in [0.25, 0.3) is 0 Å². The van der Waals surface area contributed by atoms with E-state index in [-0.39, 0.29) is 0 Å². The molecule has 8 saturated heterocycles. The minimum Gasteiger partial charge on any atom is -0.394 e. The third kappa shape index (κ3) is 26.6. The molecule has 126 heavy (non-hydrogen) atoms. The largest absolute Gasteiger partial charge is 0.394 e. The molecule has 8 heterocycles. The highest BCUT2D eigenvalue weighted by Crippen LogP contribution is 2.38. The van der Waals surface area contributed by atoms with Gasteiger partial charge in [-0.1, -0.05) is 0 Å². The van der Waals surface area contributed by atoms with Crippen LogP contribution >= 0.6 is 24.4 Å². The van der Waals surface area contributed by atoms with Crippen LogP contribution in [0.4, 0.5) is 0 Å². The summed E-state index contributed by atoms with van der Waals surface area (Å²) in [5.41, 5.74) is 0. The Morgan fingerprint density at radius 1 is 0.270 bits per heavy atom. The molecule has 8 rings (SSSR count). The first-order valence-electron chi connectivity index (χ1n) is 39.9. The van der Waals surface area contributed by atoms with E-state index in [1.165, 1.54) is 0 Å². The number of hydrogen-bond donors (Lipinski definition) is 32. The van der Waals surface area contributed by atoms with Crippen LogP contribution in [0.3, 0.4) is 0 Å². The zero-order valence-electron chi connectivity index (χ0n) is 69.1. The minimum atomic E-state index is -2.05. The van der Waals surface area contributed by atoms with Gasteiger partial charge in [0.1, 0.15) is 195 Å². The van der Waals surface area contributed by atoms with E-state index in [0.29, 0.717) is 0 Å². The zero-order chi connectivity index (χ0) is 93.5. The number of hydrogen-bond acceptors (Lipinski definition) is 44. The number of ether oxygens (including phenoxy) is 14. The summed E-state index contributed by atoms with van der Waals surface area (Å²) in [6, 6.07) is -14.2. The van der Waals surface area contributed by atoms with Gasteiger partial charge < -0.3 is 232 Å². The fraction of sp³-hybridized carbons (Fsp3) is 0.857. The summed E-state index contributed by atoms with van der Waals surface area (Å²) < 4.78 is 87.6. The highest BCUT2D eigenvalue weighted by molar-refractivity contribution is 7.80. The Morgan fingerprint density at radius 3 is 0.667 bits per heavy atom. The fourth-order valence-corrected chi connectivity index (χ4v) is 15.8. The Bertz CT molecular complexity index is 3380. The fourth-order valence-electron chi connectivity index (χ4n) is 15.4. The number of carbonyl (C=O) groups is 8. The first kappa shape index (κ1) is 105. The maximum Gasteiger partial charge on any atom is 0.217 e. The highest BCUT2D eigenvalue weighted by atomic mass is 32.1. The minimum absolute atomic E-state index is 0.539. The van der Waals surface area contributed by atoms with E-state index >= 15 is 0 Å². The van der Waals surface area contributed by atoms with Crippen LogP contribution in [0.25, 0.3) is 0 Å². The molecule has 0 aromatic heterocycles. The zero-order valence-corrected chi connectivity index (χ0v) is 70.7. The predicted octanol–water partition coefficient (Wildman–Crippen LogP) is -19.7. The molecule has 0 aliphatic carbocycles. The van der Waals surface area contributed by atoms with Crippen molar-refractivity contribution in [2.75, 3.05) is 65.9 Å². The second kappa shape index (κ2) is 47.7. The molecule has 0 saturated carbocycles. The third-order valence-corrected chi connectivity index (χ3v) is 22.1. The van der Waals surface area contributed by atoms with Crippen molar-refractivity contribution >= 4 is 81.9 Å². The van der Waals surface area contributed by atoms with Crippen molar-refractivity contribution in [2.24, 2.45) is 0 Å². The molecular formula is C70H118N12O42S2. The molecule has 0 aromatic rings. The lowest BCUT2D eigenvalue weighted by molar-refractivity contribution is -0.348. The normalized spacial score (nSPS) is 41.2. The van der Waals surface area contributed by atoms with Crippen LogP contribution in [0, 0.1) is 0 Å². The number of nitrogens with one attached hydrogen (secondary N) is 12. The van der Waals surface area contributed by atoms with E-state index in [2.05, 4.69) is 63.8 Å². The Kier molecular flexibility index (Phi) is 39.8. The molecule has 8 fully saturated rings. The van der Waals surface area contributed by atoms with Gasteiger partial charge in [-0.15, -0.1) is 0 Å². The molecule has 32 N–H and O–H groups in total. The van der Waals surface area contributed by atoms with Crippen LogP contribution in [-0.4, -0.2) is 483 Å². The van der Waals surface area contributed by atoms with Crippen molar-refractivity contribution in [1.82, 2.24) is 63.8 Å². The molecule has 0 radical (unpaired) electrons. The number of rotatable bonds is 35. The van der Waals surface area contributed by atoms with Gasteiger partial charge in [0.15, 0.2) is 60.4 Å². The maximum atomic E-state index is 13.7. The van der Waals surface area contributed by atoms with Gasteiger partial charge in [-0.2, -0.15) is 0 Å². The summed E-state index contributed by atoms with van der Waals surface area (Å²) in [5, 5.41) is 250. The summed E-state index contributed by atoms with van der Waals surface area (Å²) in [4.78, 5) is 104. The summed E-state index contributed by atoms with van der Waals surface area (Å²) >= 11 is 11.5. The summed E-state index contributed by atoms with van der Waals surface area (Å²) in [6.45, 7) is -1.36. The van der Waals surface area contributed by atoms with Crippen molar-refractivity contribution in [1.29, 1.82) is 0 Å². The first-order chi connectivity index (χ1) is 59.4. The second-order valence-corrected chi connectivity index (χ2v) is 32.0. The van der Waals surface area contributed by atoms with Crippen molar-refractivity contribution in [3.63, 3.8) is 0 Å². The molecule has 8 aliphatic heterocycles. The molecule has 42 atom stereocenters. The average Bonchev–Trinajstić information content (AvgIpc) is 0.760. The molecule has 8 amide bonds. The van der Waals surface area contributed by atoms with E-state index in [4.69, 9.17) is 90.8 Å². The lowest BCUT2D eigenvalue weighted by Crippen LogP contribution is -2.73. The first-order valence-corrected chi connectivity index (χ1v) is 40.8. The molecule has 0 aromatic carbocycles. The van der Waals surface area contributed by atoms with Gasteiger partial charge in [0.2, 0.25) is 47.3 Å². The quantitative estimate of drug-likeness (QED) is 0.0262. The van der Waals surface area contributed by atoms with E-state index in [1.54, 1.807) is 0 Å². The highest BCUT2D eigenvalue weighted by Gasteiger charge is 2.60. The molecule has 54 nitrogen and oxygen atoms in total. The van der Waals surface area contributed by atoms with Gasteiger partial charge in [0, 0.05) is 68.5 Å². The Balaban J connectivity index is 1.13. The van der Waals surface area contributed by atoms with Crippen molar-refractivity contribution in [3.05, 3.63) is 0 Å². The Labute approximate surface area is 728 Å². The van der Waals surface area contributed by atoms with E-state index in [1.807, 2.05) is 0 Å². The second-order valence-electron chi connectivity index (χ2n) is 31.2. The van der Waals surface area contributed by atoms with Gasteiger partial charge >= 0.3 is 0 Å². The SMILES string of the molecule is CC(=O)N[C@@H]1[C@@H](O[C@H]2O[C@H](CO)[C@@H](O)[C@H](O)[C@H]2NC(C)=O)[C@H](O[C@H]2O[C@H](CO)[C@@H](O)[C@H](O)[C@H]2NC(C)=O)[C@@H](CO[C@H]2O[C@H](CO)[C@@H](O)[C@H](O)[C@H]2NC(C)=O)O[C@@H]1NC(=S)NCC(O)C(O)CNC(=S)N[C@H]1O[C@H](CO[C@H]2O[C@H](CO)[C@@H](O)[C@H](O)[C@H]2NC(C)=O)[C@@H](O[C@H]2O[C@H](CO)[C@@H](O)[C@H](O)[C@H]2NC(C)=O)[C@H](O[C@H]2O[C@H](CO)[C@@H](O)[C@H](O)[C@H]2NC(C)=O)[C@H]1NC(C)=O. The van der Waals surface area contributed by atoms with Crippen LogP contribution in [-0.2, 0) is 105 Å². The summed E-state index contributed by atoms with van der Waals surface area (Å²) in [7, 11) is 0.